The number of nitrogens with zero attached hydrogens (tertiary/aromatic N) is 5. The minimum Gasteiger partial charge on any atom is -0.486 e. The van der Waals surface area contributed by atoms with Gasteiger partial charge in [0.2, 0.25) is 0 Å². The van der Waals surface area contributed by atoms with E-state index in [1.54, 1.807) is 24.4 Å². The van der Waals surface area contributed by atoms with Gasteiger partial charge in [-0.25, -0.2) is 19.7 Å². The summed E-state index contributed by atoms with van der Waals surface area (Å²) in [6.45, 7) is 4.45. The van der Waals surface area contributed by atoms with Crippen molar-refractivity contribution in [3.8, 4) is 5.75 Å². The highest BCUT2D eigenvalue weighted by molar-refractivity contribution is 9.10. The number of hydrogen-bond donors (Lipinski definition) is 2. The maximum Gasteiger partial charge on any atom is 0.332 e. The van der Waals surface area contributed by atoms with Crippen LogP contribution in [0.5, 0.6) is 5.75 Å². The van der Waals surface area contributed by atoms with Crippen molar-refractivity contribution < 1.29 is 19.1 Å². The molecule has 2 aliphatic heterocycles. The molecule has 1 fully saturated rings. The zero-order chi connectivity index (χ0) is 30.0. The zero-order valence-electron chi connectivity index (χ0n) is 23.3. The van der Waals surface area contributed by atoms with Crippen molar-refractivity contribution >= 4 is 72.3 Å². The van der Waals surface area contributed by atoms with Gasteiger partial charge in [-0.2, -0.15) is 0 Å². The molecule has 2 N–H and O–H groups in total. The van der Waals surface area contributed by atoms with Crippen molar-refractivity contribution in [1.82, 2.24) is 19.9 Å². The smallest absolute Gasteiger partial charge is 0.332 e. The average molecular weight is 673 g/mol. The highest BCUT2D eigenvalue weighted by Crippen LogP contribution is 2.45. The van der Waals surface area contributed by atoms with E-state index in [-0.39, 0.29) is 5.91 Å². The number of ether oxygens (including phenoxy) is 2. The fourth-order valence-corrected chi connectivity index (χ4v) is 6.61. The standard InChI is InChI=1S/C31H26BrN7O4S/c32-23-15-22(8-9-24(23)43-17-21-3-1-2-10-33-21)39-28-25-26(37-31(39)41)27(44-30(25)35-18-34-28)29(40)36-20-6-4-19(5-7-20)16-38-11-13-42-14-12-38/h1-10,15,18H,11-14,16-17H2,(H,36,40)(H,37,41). The van der Waals surface area contributed by atoms with Crippen molar-refractivity contribution in [2.45, 2.75) is 13.2 Å². The van der Waals surface area contributed by atoms with Crippen LogP contribution in [0.1, 0.15) is 20.9 Å². The van der Waals surface area contributed by atoms with Gasteiger partial charge in [-0.15, -0.1) is 11.3 Å². The number of halogens is 1. The SMILES string of the molecule is O=C(Nc1ccc(CN2CCOCC2)cc1)c1sc2ncnc3c2c1NC(=O)N3c1ccc(OCc2ccccn2)c(Br)c1. The Kier molecular flexibility index (Phi) is 7.91. The highest BCUT2D eigenvalue weighted by Gasteiger charge is 2.34. The van der Waals surface area contributed by atoms with Crippen LogP contribution in [-0.4, -0.2) is 58.1 Å². The molecule has 5 aromatic rings. The molecule has 3 aromatic heterocycles. The number of pyridine rings is 1. The van der Waals surface area contributed by atoms with E-state index < -0.39 is 6.03 Å². The fraction of sp³-hybridized carbons (Fsp3) is 0.194. The van der Waals surface area contributed by atoms with Crippen LogP contribution in [0.25, 0.3) is 10.2 Å². The van der Waals surface area contributed by atoms with Crippen LogP contribution in [0, 0.1) is 0 Å². The summed E-state index contributed by atoms with van der Waals surface area (Å²) in [7, 11) is 0. The van der Waals surface area contributed by atoms with Crippen LogP contribution in [0.15, 0.2) is 77.7 Å². The molecular formula is C31H26BrN7O4S. The second kappa shape index (κ2) is 12.3. The molecule has 0 bridgehead atoms. The molecule has 222 valence electrons. The van der Waals surface area contributed by atoms with E-state index in [1.165, 1.54) is 22.6 Å². The summed E-state index contributed by atoms with van der Waals surface area (Å²) in [5.41, 5.74) is 3.59. The van der Waals surface area contributed by atoms with Gasteiger partial charge >= 0.3 is 6.03 Å². The second-order valence-electron chi connectivity index (χ2n) is 10.2. The number of carbonyl (C=O) groups excluding carboxylic acids is 2. The number of hydrogen-bond acceptors (Lipinski definition) is 9. The summed E-state index contributed by atoms with van der Waals surface area (Å²) in [6.07, 6.45) is 3.12. The zero-order valence-corrected chi connectivity index (χ0v) is 25.7. The Balaban J connectivity index is 1.11. The first-order valence-electron chi connectivity index (χ1n) is 13.9. The first kappa shape index (κ1) is 28.3. The molecule has 13 heteroatoms. The van der Waals surface area contributed by atoms with E-state index in [2.05, 4.69) is 46.4 Å². The molecule has 0 aliphatic carbocycles. The number of thiophene rings is 1. The van der Waals surface area contributed by atoms with Gasteiger partial charge in [-0.05, 0) is 64.0 Å². The number of amides is 3. The minimum atomic E-state index is -0.438. The topological polar surface area (TPSA) is 122 Å². The molecular weight excluding hydrogens is 646 g/mol. The van der Waals surface area contributed by atoms with Gasteiger partial charge in [0.1, 0.15) is 28.4 Å². The van der Waals surface area contributed by atoms with E-state index in [0.717, 1.165) is 44.1 Å². The third kappa shape index (κ3) is 5.74. The number of anilines is 4. The molecule has 11 nitrogen and oxygen atoms in total. The molecule has 0 saturated carbocycles. The third-order valence-corrected chi connectivity index (χ3v) is 9.03. The molecule has 5 heterocycles. The Morgan fingerprint density at radius 2 is 1.91 bits per heavy atom. The van der Waals surface area contributed by atoms with Gasteiger partial charge in [-0.1, -0.05) is 18.2 Å². The van der Waals surface area contributed by atoms with Crippen molar-refractivity contribution in [1.29, 1.82) is 0 Å². The van der Waals surface area contributed by atoms with Crippen LogP contribution in [0.4, 0.5) is 27.7 Å². The van der Waals surface area contributed by atoms with Gasteiger partial charge in [0.05, 0.1) is 40.1 Å². The van der Waals surface area contributed by atoms with Gasteiger partial charge in [0.15, 0.2) is 5.82 Å². The van der Waals surface area contributed by atoms with Crippen molar-refractivity contribution in [2.75, 3.05) is 41.8 Å². The molecule has 0 radical (unpaired) electrons. The van der Waals surface area contributed by atoms with E-state index in [4.69, 9.17) is 9.47 Å². The average Bonchev–Trinajstić information content (AvgIpc) is 3.42. The lowest BCUT2D eigenvalue weighted by atomic mass is 10.1. The normalized spacial score (nSPS) is 14.8. The largest absolute Gasteiger partial charge is 0.486 e. The minimum absolute atomic E-state index is 0.303. The highest BCUT2D eigenvalue weighted by atomic mass is 79.9. The van der Waals surface area contributed by atoms with Gasteiger partial charge in [0.25, 0.3) is 5.91 Å². The Morgan fingerprint density at radius 3 is 2.68 bits per heavy atom. The molecule has 0 atom stereocenters. The molecule has 2 aliphatic rings. The number of morpholine rings is 1. The van der Waals surface area contributed by atoms with E-state index in [1.807, 2.05) is 42.5 Å². The van der Waals surface area contributed by atoms with Crippen LogP contribution >= 0.6 is 27.3 Å². The summed E-state index contributed by atoms with van der Waals surface area (Å²) < 4.78 is 12.0. The quantitative estimate of drug-likeness (QED) is 0.200. The number of carbonyl (C=O) groups is 2. The van der Waals surface area contributed by atoms with E-state index in [9.17, 15) is 9.59 Å². The second-order valence-corrected chi connectivity index (χ2v) is 12.1. The van der Waals surface area contributed by atoms with Crippen molar-refractivity contribution in [3.05, 3.63) is 93.8 Å². The molecule has 1 saturated heterocycles. The Morgan fingerprint density at radius 1 is 1.07 bits per heavy atom. The maximum atomic E-state index is 13.5. The van der Waals surface area contributed by atoms with Crippen molar-refractivity contribution in [2.24, 2.45) is 0 Å². The summed E-state index contributed by atoms with van der Waals surface area (Å²) in [6, 6.07) is 18.3. The van der Waals surface area contributed by atoms with Gasteiger partial charge < -0.3 is 20.1 Å². The van der Waals surface area contributed by atoms with Gasteiger partial charge in [-0.3, -0.25) is 14.7 Å². The monoisotopic (exact) mass is 671 g/mol. The molecule has 44 heavy (non-hydrogen) atoms. The lowest BCUT2D eigenvalue weighted by Gasteiger charge is -2.27. The predicted molar refractivity (Wildman–Crippen MR) is 172 cm³/mol. The summed E-state index contributed by atoms with van der Waals surface area (Å²) in [4.78, 5) is 44.8. The van der Waals surface area contributed by atoms with Gasteiger partial charge in [0, 0.05) is 31.5 Å². The Labute approximate surface area is 265 Å². The van der Waals surface area contributed by atoms with Crippen LogP contribution < -0.4 is 20.3 Å². The first-order valence-corrected chi connectivity index (χ1v) is 15.6. The number of urea groups is 1. The third-order valence-electron chi connectivity index (χ3n) is 7.32. The Bertz CT molecular complexity index is 1850. The Hall–Kier alpha value is -4.43. The van der Waals surface area contributed by atoms with E-state index >= 15 is 0 Å². The number of aromatic nitrogens is 3. The molecule has 0 spiro atoms. The maximum absolute atomic E-state index is 13.5. The summed E-state index contributed by atoms with van der Waals surface area (Å²) in [5.74, 6) is 0.667. The predicted octanol–water partition coefficient (Wildman–Crippen LogP) is 6.20. The summed E-state index contributed by atoms with van der Waals surface area (Å²) in [5, 5.41) is 6.48. The van der Waals surface area contributed by atoms with Crippen LogP contribution in [-0.2, 0) is 17.9 Å². The number of rotatable bonds is 8. The van der Waals surface area contributed by atoms with Crippen molar-refractivity contribution in [3.63, 3.8) is 0 Å². The number of nitrogens with one attached hydrogen (secondary N) is 2. The molecule has 7 rings (SSSR count). The fourth-order valence-electron chi connectivity index (χ4n) is 5.15. The lowest BCUT2D eigenvalue weighted by Crippen LogP contribution is -2.35. The van der Waals surface area contributed by atoms with E-state index in [0.29, 0.717) is 54.8 Å². The summed E-state index contributed by atoms with van der Waals surface area (Å²) >= 11 is 4.77. The number of benzene rings is 2. The lowest BCUT2D eigenvalue weighted by molar-refractivity contribution is 0.0342. The first-order chi connectivity index (χ1) is 21.5. The molecule has 0 unspecified atom stereocenters. The molecule has 3 amide bonds. The van der Waals surface area contributed by atoms with Crippen LogP contribution in [0.2, 0.25) is 0 Å². The molecule has 2 aromatic carbocycles. The van der Waals surface area contributed by atoms with Crippen LogP contribution in [0.3, 0.4) is 0 Å².